The van der Waals surface area contributed by atoms with E-state index in [0.29, 0.717) is 0 Å². The van der Waals surface area contributed by atoms with E-state index in [1.54, 1.807) is 7.11 Å². The van der Waals surface area contributed by atoms with Crippen molar-refractivity contribution in [3.8, 4) is 17.0 Å². The smallest absolute Gasteiger partial charge is 0.119 e. The van der Waals surface area contributed by atoms with Gasteiger partial charge >= 0.3 is 0 Å². The van der Waals surface area contributed by atoms with Gasteiger partial charge < -0.3 is 10.1 Å². The van der Waals surface area contributed by atoms with Crippen LogP contribution < -0.4 is 10.1 Å². The Morgan fingerprint density at radius 3 is 2.71 bits per heavy atom. The lowest BCUT2D eigenvalue weighted by Crippen LogP contribution is -2.07. The summed E-state index contributed by atoms with van der Waals surface area (Å²) in [5, 5.41) is 11.4. The van der Waals surface area contributed by atoms with Crippen molar-refractivity contribution in [2.75, 3.05) is 14.2 Å². The second-order valence-corrected chi connectivity index (χ2v) is 3.67. The fourth-order valence-electron chi connectivity index (χ4n) is 1.57. The summed E-state index contributed by atoms with van der Waals surface area (Å²) >= 11 is 0. The van der Waals surface area contributed by atoms with Gasteiger partial charge in [-0.15, -0.1) is 0 Å². The van der Waals surface area contributed by atoms with Gasteiger partial charge in [0, 0.05) is 12.1 Å². The standard InChI is InChI=1S/C13H15N3O/c1-14-9-11-6-7-13(16-15-11)10-4-3-5-12(8-10)17-2/h3-8,14H,9H2,1-2H3. The van der Waals surface area contributed by atoms with Crippen LogP contribution in [0.5, 0.6) is 5.75 Å². The lowest BCUT2D eigenvalue weighted by atomic mass is 10.1. The Morgan fingerprint density at radius 1 is 1.18 bits per heavy atom. The first-order valence-electron chi connectivity index (χ1n) is 5.45. The molecule has 2 rings (SSSR count). The van der Waals surface area contributed by atoms with Crippen LogP contribution in [-0.4, -0.2) is 24.4 Å². The SMILES string of the molecule is CNCc1ccc(-c2cccc(OC)c2)nn1. The van der Waals surface area contributed by atoms with Gasteiger partial charge in [0.05, 0.1) is 18.5 Å². The molecule has 0 atom stereocenters. The van der Waals surface area contributed by atoms with E-state index in [9.17, 15) is 0 Å². The number of nitrogens with zero attached hydrogens (tertiary/aromatic N) is 2. The van der Waals surface area contributed by atoms with Gasteiger partial charge in [-0.05, 0) is 31.3 Å². The van der Waals surface area contributed by atoms with Crippen LogP contribution in [0, 0.1) is 0 Å². The summed E-state index contributed by atoms with van der Waals surface area (Å²) in [6.45, 7) is 0.728. The summed E-state index contributed by atoms with van der Waals surface area (Å²) in [6.07, 6.45) is 0. The molecule has 4 heteroatoms. The number of hydrogen-bond donors (Lipinski definition) is 1. The number of methoxy groups -OCH3 is 1. The molecule has 0 aliphatic rings. The Labute approximate surface area is 101 Å². The molecule has 4 nitrogen and oxygen atoms in total. The van der Waals surface area contributed by atoms with E-state index < -0.39 is 0 Å². The molecule has 17 heavy (non-hydrogen) atoms. The summed E-state index contributed by atoms with van der Waals surface area (Å²) in [5.41, 5.74) is 2.79. The maximum atomic E-state index is 5.18. The second kappa shape index (κ2) is 5.41. The Morgan fingerprint density at radius 2 is 2.06 bits per heavy atom. The minimum atomic E-state index is 0.728. The average Bonchev–Trinajstić information content (AvgIpc) is 2.40. The molecule has 1 heterocycles. The van der Waals surface area contributed by atoms with Gasteiger partial charge in [0.2, 0.25) is 0 Å². The predicted molar refractivity (Wildman–Crippen MR) is 66.8 cm³/mol. The van der Waals surface area contributed by atoms with Crippen LogP contribution in [0.1, 0.15) is 5.69 Å². The molecule has 0 saturated carbocycles. The minimum absolute atomic E-state index is 0.728. The van der Waals surface area contributed by atoms with E-state index in [-0.39, 0.29) is 0 Å². The topological polar surface area (TPSA) is 47.0 Å². The Hall–Kier alpha value is -1.94. The van der Waals surface area contributed by atoms with Gasteiger partial charge in [0.1, 0.15) is 5.75 Å². The third-order valence-electron chi connectivity index (χ3n) is 2.44. The van der Waals surface area contributed by atoms with Gasteiger partial charge in [0.15, 0.2) is 0 Å². The van der Waals surface area contributed by atoms with E-state index in [0.717, 1.165) is 29.2 Å². The Bertz CT molecular complexity index is 482. The number of ether oxygens (including phenoxy) is 1. The monoisotopic (exact) mass is 229 g/mol. The molecule has 0 unspecified atom stereocenters. The summed E-state index contributed by atoms with van der Waals surface area (Å²) < 4.78 is 5.18. The van der Waals surface area contributed by atoms with Crippen molar-refractivity contribution in [1.82, 2.24) is 15.5 Å². The Kier molecular flexibility index (Phi) is 3.67. The third kappa shape index (κ3) is 2.79. The minimum Gasteiger partial charge on any atom is -0.497 e. The zero-order valence-electron chi connectivity index (χ0n) is 9.97. The molecule has 1 aromatic carbocycles. The van der Waals surface area contributed by atoms with Crippen LogP contribution in [0.25, 0.3) is 11.3 Å². The van der Waals surface area contributed by atoms with Crippen LogP contribution in [0.15, 0.2) is 36.4 Å². The molecule has 0 aliphatic carbocycles. The highest BCUT2D eigenvalue weighted by molar-refractivity contribution is 5.60. The van der Waals surface area contributed by atoms with Crippen LogP contribution >= 0.6 is 0 Å². The quantitative estimate of drug-likeness (QED) is 0.869. The lowest BCUT2D eigenvalue weighted by Gasteiger charge is -2.04. The number of benzene rings is 1. The Balaban J connectivity index is 2.26. The molecule has 2 aromatic rings. The number of hydrogen-bond acceptors (Lipinski definition) is 4. The lowest BCUT2D eigenvalue weighted by molar-refractivity contribution is 0.415. The van der Waals surface area contributed by atoms with Crippen molar-refractivity contribution in [1.29, 1.82) is 0 Å². The van der Waals surface area contributed by atoms with Crippen molar-refractivity contribution in [2.24, 2.45) is 0 Å². The van der Waals surface area contributed by atoms with Gasteiger partial charge in [-0.1, -0.05) is 12.1 Å². The van der Waals surface area contributed by atoms with Crippen molar-refractivity contribution < 1.29 is 4.74 Å². The maximum Gasteiger partial charge on any atom is 0.119 e. The summed E-state index contributed by atoms with van der Waals surface area (Å²) in [6, 6.07) is 11.7. The predicted octanol–water partition coefficient (Wildman–Crippen LogP) is 1.87. The molecular weight excluding hydrogens is 214 g/mol. The maximum absolute atomic E-state index is 5.18. The third-order valence-corrected chi connectivity index (χ3v) is 2.44. The highest BCUT2D eigenvalue weighted by Crippen LogP contribution is 2.21. The summed E-state index contributed by atoms with van der Waals surface area (Å²) in [7, 11) is 3.54. The highest BCUT2D eigenvalue weighted by atomic mass is 16.5. The van der Waals surface area contributed by atoms with E-state index in [2.05, 4.69) is 15.5 Å². The normalized spacial score (nSPS) is 10.2. The van der Waals surface area contributed by atoms with Crippen molar-refractivity contribution in [2.45, 2.75) is 6.54 Å². The summed E-state index contributed by atoms with van der Waals surface area (Å²) in [4.78, 5) is 0. The van der Waals surface area contributed by atoms with Crippen molar-refractivity contribution in [3.05, 3.63) is 42.1 Å². The van der Waals surface area contributed by atoms with E-state index in [4.69, 9.17) is 4.74 Å². The first-order chi connectivity index (χ1) is 8.33. The highest BCUT2D eigenvalue weighted by Gasteiger charge is 2.02. The van der Waals surface area contributed by atoms with Crippen LogP contribution in [-0.2, 0) is 6.54 Å². The van der Waals surface area contributed by atoms with Gasteiger partial charge in [0.25, 0.3) is 0 Å². The largest absolute Gasteiger partial charge is 0.497 e. The zero-order valence-corrected chi connectivity index (χ0v) is 9.97. The average molecular weight is 229 g/mol. The first kappa shape index (κ1) is 11.5. The van der Waals surface area contributed by atoms with E-state index in [1.165, 1.54) is 0 Å². The van der Waals surface area contributed by atoms with Gasteiger partial charge in [-0.3, -0.25) is 0 Å². The van der Waals surface area contributed by atoms with E-state index in [1.807, 2.05) is 43.4 Å². The summed E-state index contributed by atoms with van der Waals surface area (Å²) in [5.74, 6) is 0.823. The number of rotatable bonds is 4. The first-order valence-corrected chi connectivity index (χ1v) is 5.45. The molecule has 0 spiro atoms. The molecule has 0 amide bonds. The van der Waals surface area contributed by atoms with Crippen molar-refractivity contribution >= 4 is 0 Å². The molecule has 0 aliphatic heterocycles. The molecule has 1 N–H and O–H groups in total. The van der Waals surface area contributed by atoms with Crippen LogP contribution in [0.3, 0.4) is 0 Å². The number of nitrogens with one attached hydrogen (secondary N) is 1. The molecule has 88 valence electrons. The molecule has 1 aromatic heterocycles. The fourth-order valence-corrected chi connectivity index (χ4v) is 1.57. The van der Waals surface area contributed by atoms with Gasteiger partial charge in [-0.25, -0.2) is 0 Å². The van der Waals surface area contributed by atoms with Crippen molar-refractivity contribution in [3.63, 3.8) is 0 Å². The zero-order chi connectivity index (χ0) is 12.1. The van der Waals surface area contributed by atoms with Crippen LogP contribution in [0.2, 0.25) is 0 Å². The number of aromatic nitrogens is 2. The second-order valence-electron chi connectivity index (χ2n) is 3.67. The fraction of sp³-hybridized carbons (Fsp3) is 0.231. The molecule has 0 fully saturated rings. The van der Waals surface area contributed by atoms with Gasteiger partial charge in [-0.2, -0.15) is 10.2 Å². The molecule has 0 saturated heterocycles. The molecule has 0 bridgehead atoms. The van der Waals surface area contributed by atoms with Crippen LogP contribution in [0.4, 0.5) is 0 Å². The molecular formula is C13H15N3O. The van der Waals surface area contributed by atoms with E-state index >= 15 is 0 Å². The molecule has 0 radical (unpaired) electrons.